The molecule has 0 saturated carbocycles. The number of nitrogens with zero attached hydrogens (tertiary/aromatic N) is 3. The van der Waals surface area contributed by atoms with Gasteiger partial charge in [0, 0.05) is 11.5 Å². The topological polar surface area (TPSA) is 86.7 Å². The molecule has 0 spiro atoms. The maximum Gasteiger partial charge on any atom is 0.175 e. The number of allylic oxidation sites excluding steroid dienone is 1. The first kappa shape index (κ1) is 21.5. The Morgan fingerprint density at radius 3 is 2.32 bits per heavy atom. The SMILES string of the molecule is C=CCc1ccc(C(O)(c2ccc(F)cc2)c2nc(Nc3ccn[nH]3)c3ccccc3n2)cc1. The van der Waals surface area contributed by atoms with Crippen LogP contribution >= 0.6 is 0 Å². The summed E-state index contributed by atoms with van der Waals surface area (Å²) in [7, 11) is 0. The van der Waals surface area contributed by atoms with Crippen molar-refractivity contribution in [3.05, 3.63) is 126 Å². The minimum Gasteiger partial charge on any atom is -0.373 e. The van der Waals surface area contributed by atoms with E-state index in [0.29, 0.717) is 34.7 Å². The van der Waals surface area contributed by atoms with E-state index in [9.17, 15) is 9.50 Å². The molecule has 0 aliphatic rings. The number of H-pyrrole nitrogens is 1. The lowest BCUT2D eigenvalue weighted by Gasteiger charge is -2.29. The predicted molar refractivity (Wildman–Crippen MR) is 130 cm³/mol. The van der Waals surface area contributed by atoms with Crippen molar-refractivity contribution in [2.75, 3.05) is 5.32 Å². The van der Waals surface area contributed by atoms with E-state index >= 15 is 0 Å². The fourth-order valence-electron chi connectivity index (χ4n) is 3.95. The summed E-state index contributed by atoms with van der Waals surface area (Å²) in [4.78, 5) is 9.49. The molecule has 0 bridgehead atoms. The monoisotopic (exact) mass is 451 g/mol. The van der Waals surface area contributed by atoms with E-state index in [2.05, 4.69) is 22.1 Å². The summed E-state index contributed by atoms with van der Waals surface area (Å²) < 4.78 is 13.8. The Morgan fingerprint density at radius 2 is 1.65 bits per heavy atom. The molecule has 0 fully saturated rings. The fourth-order valence-corrected chi connectivity index (χ4v) is 3.95. The van der Waals surface area contributed by atoms with Gasteiger partial charge in [-0.05, 0) is 47.4 Å². The minimum atomic E-state index is -1.73. The number of aromatic nitrogens is 4. The summed E-state index contributed by atoms with van der Waals surface area (Å²) >= 11 is 0. The number of hydrogen-bond donors (Lipinski definition) is 3. The van der Waals surface area contributed by atoms with Gasteiger partial charge in [-0.3, -0.25) is 5.10 Å². The van der Waals surface area contributed by atoms with Gasteiger partial charge >= 0.3 is 0 Å². The highest BCUT2D eigenvalue weighted by Gasteiger charge is 2.38. The van der Waals surface area contributed by atoms with Gasteiger partial charge < -0.3 is 10.4 Å². The van der Waals surface area contributed by atoms with Gasteiger partial charge in [0.15, 0.2) is 11.4 Å². The molecule has 34 heavy (non-hydrogen) atoms. The zero-order valence-electron chi connectivity index (χ0n) is 18.2. The van der Waals surface area contributed by atoms with Gasteiger partial charge in [-0.15, -0.1) is 6.58 Å². The van der Waals surface area contributed by atoms with Crippen molar-refractivity contribution in [1.29, 1.82) is 0 Å². The van der Waals surface area contributed by atoms with Crippen molar-refractivity contribution in [2.24, 2.45) is 0 Å². The number of rotatable bonds is 7. The van der Waals surface area contributed by atoms with E-state index in [4.69, 9.17) is 9.97 Å². The molecule has 3 N–H and O–H groups in total. The van der Waals surface area contributed by atoms with Gasteiger partial charge in [0.05, 0.1) is 11.7 Å². The van der Waals surface area contributed by atoms with Crippen molar-refractivity contribution < 1.29 is 9.50 Å². The maximum atomic E-state index is 13.8. The number of hydrogen-bond acceptors (Lipinski definition) is 5. The van der Waals surface area contributed by atoms with Crippen LogP contribution in [-0.4, -0.2) is 25.3 Å². The lowest BCUT2D eigenvalue weighted by Crippen LogP contribution is -2.31. The van der Waals surface area contributed by atoms with E-state index in [1.165, 1.54) is 12.1 Å². The third-order valence-electron chi connectivity index (χ3n) is 5.69. The Kier molecular flexibility index (Phi) is 5.61. The first-order chi connectivity index (χ1) is 16.6. The Bertz CT molecular complexity index is 1430. The lowest BCUT2D eigenvalue weighted by molar-refractivity contribution is 0.116. The van der Waals surface area contributed by atoms with Crippen LogP contribution in [0.15, 0.2) is 97.7 Å². The van der Waals surface area contributed by atoms with Crippen molar-refractivity contribution in [1.82, 2.24) is 20.2 Å². The molecule has 0 aliphatic heterocycles. The molecule has 0 radical (unpaired) electrons. The summed E-state index contributed by atoms with van der Waals surface area (Å²) in [5, 5.41) is 23.1. The largest absolute Gasteiger partial charge is 0.373 e. The molecule has 168 valence electrons. The number of nitrogens with one attached hydrogen (secondary N) is 2. The quantitative estimate of drug-likeness (QED) is 0.294. The highest BCUT2D eigenvalue weighted by molar-refractivity contribution is 5.90. The average Bonchev–Trinajstić information content (AvgIpc) is 3.38. The Balaban J connectivity index is 1.73. The van der Waals surface area contributed by atoms with E-state index in [1.54, 1.807) is 24.4 Å². The normalized spacial score (nSPS) is 12.9. The molecule has 2 heterocycles. The molecule has 1 atom stereocenters. The molecule has 5 rings (SSSR count). The number of aliphatic hydroxyl groups is 1. The van der Waals surface area contributed by atoms with E-state index in [0.717, 1.165) is 10.9 Å². The molecule has 7 heteroatoms. The minimum absolute atomic E-state index is 0.163. The Morgan fingerprint density at radius 1 is 0.941 bits per heavy atom. The first-order valence-corrected chi connectivity index (χ1v) is 10.8. The predicted octanol–water partition coefficient (Wildman–Crippen LogP) is 5.25. The van der Waals surface area contributed by atoms with Gasteiger partial charge in [-0.25, -0.2) is 14.4 Å². The van der Waals surface area contributed by atoms with Crippen LogP contribution in [0.3, 0.4) is 0 Å². The van der Waals surface area contributed by atoms with E-state index < -0.39 is 11.4 Å². The van der Waals surface area contributed by atoms with Crippen LogP contribution in [0.2, 0.25) is 0 Å². The van der Waals surface area contributed by atoms with Gasteiger partial charge in [0.1, 0.15) is 17.5 Å². The van der Waals surface area contributed by atoms with Crippen LogP contribution in [-0.2, 0) is 12.0 Å². The summed E-state index contributed by atoms with van der Waals surface area (Å²) in [5.41, 5.74) is 0.997. The fraction of sp³-hybridized carbons (Fsp3) is 0.0741. The highest BCUT2D eigenvalue weighted by atomic mass is 19.1. The van der Waals surface area contributed by atoms with Crippen LogP contribution in [0.4, 0.5) is 16.0 Å². The smallest absolute Gasteiger partial charge is 0.175 e. The summed E-state index contributed by atoms with van der Waals surface area (Å²) in [6, 6.07) is 22.6. The zero-order chi connectivity index (χ0) is 23.5. The number of fused-ring (bicyclic) bond motifs is 1. The summed E-state index contributed by atoms with van der Waals surface area (Å²) in [6.07, 6.45) is 4.16. The Hall–Kier alpha value is -4.36. The Labute approximate surface area is 195 Å². The van der Waals surface area contributed by atoms with E-state index in [1.807, 2.05) is 54.6 Å². The van der Waals surface area contributed by atoms with Crippen LogP contribution in [0, 0.1) is 5.82 Å². The molecule has 2 aromatic heterocycles. The van der Waals surface area contributed by atoms with Gasteiger partial charge in [0.25, 0.3) is 0 Å². The zero-order valence-corrected chi connectivity index (χ0v) is 18.2. The summed E-state index contributed by atoms with van der Waals surface area (Å²) in [5.74, 6) is 0.923. The first-order valence-electron chi connectivity index (χ1n) is 10.8. The molecular formula is C27H22FN5O. The second kappa shape index (κ2) is 8.88. The van der Waals surface area contributed by atoms with Crippen LogP contribution in [0.1, 0.15) is 22.5 Å². The van der Waals surface area contributed by atoms with Crippen LogP contribution in [0.5, 0.6) is 0 Å². The van der Waals surface area contributed by atoms with Gasteiger partial charge in [0.2, 0.25) is 0 Å². The third kappa shape index (κ3) is 3.93. The van der Waals surface area contributed by atoms with Crippen molar-refractivity contribution in [2.45, 2.75) is 12.0 Å². The van der Waals surface area contributed by atoms with Crippen LogP contribution in [0.25, 0.3) is 10.9 Å². The average molecular weight is 452 g/mol. The number of anilines is 2. The second-order valence-electron chi connectivity index (χ2n) is 7.92. The van der Waals surface area contributed by atoms with E-state index in [-0.39, 0.29) is 5.82 Å². The second-order valence-corrected chi connectivity index (χ2v) is 7.92. The molecular weight excluding hydrogens is 429 g/mol. The molecule has 5 aromatic rings. The molecule has 0 amide bonds. The standard InChI is InChI=1S/C27H22FN5O/c1-2-5-18-8-10-19(11-9-18)27(34,20-12-14-21(28)15-13-20)26-30-23-7-4-3-6-22(23)25(32-26)31-24-16-17-29-33-24/h2-4,6-17,34H,1,5H2,(H2,29,30,31,32,33). The molecule has 1 unspecified atom stereocenters. The van der Waals surface area contributed by atoms with Crippen molar-refractivity contribution in [3.63, 3.8) is 0 Å². The van der Waals surface area contributed by atoms with Crippen molar-refractivity contribution in [3.8, 4) is 0 Å². The molecule has 0 aliphatic carbocycles. The number of para-hydroxylation sites is 1. The maximum absolute atomic E-state index is 13.8. The van der Waals surface area contributed by atoms with Crippen molar-refractivity contribution >= 4 is 22.5 Å². The van der Waals surface area contributed by atoms with Gasteiger partial charge in [-0.2, -0.15) is 5.10 Å². The lowest BCUT2D eigenvalue weighted by atomic mass is 9.84. The third-order valence-corrected chi connectivity index (χ3v) is 5.69. The highest BCUT2D eigenvalue weighted by Crippen LogP contribution is 2.37. The number of aromatic amines is 1. The molecule has 0 saturated heterocycles. The number of benzene rings is 3. The van der Waals surface area contributed by atoms with Gasteiger partial charge in [-0.1, -0.05) is 54.6 Å². The van der Waals surface area contributed by atoms with Crippen LogP contribution < -0.4 is 5.32 Å². The molecule has 6 nitrogen and oxygen atoms in total. The molecule has 3 aromatic carbocycles. The number of halogens is 1. The summed E-state index contributed by atoms with van der Waals surface area (Å²) in [6.45, 7) is 3.78.